The summed E-state index contributed by atoms with van der Waals surface area (Å²) in [5.74, 6) is -21.1. The van der Waals surface area contributed by atoms with Crippen LogP contribution in [0.15, 0.2) is 83.8 Å². The molecule has 3 aromatic heterocycles. The summed E-state index contributed by atoms with van der Waals surface area (Å²) in [5, 5.41) is 194. The lowest BCUT2D eigenvalue weighted by atomic mass is 9.47. The van der Waals surface area contributed by atoms with Gasteiger partial charge >= 0.3 is 24.0 Å². The standard InChI is InChI=1S/C97H130N14O33S2/c1-8-93(140)37-49-38-96(90(138)143-7,79-55(23-27-110(40-49)45-93)54-13-10-11-14-58(54)101-79)57-35-56-59(36-67(57)142-6)109(5)87-95(56)25-28-111-26-12-24-94(9-2,86(95)111)88(136)97(87,141)89(137)107-108-92(139)144-29-30-145-146-44-52(85(134)135)34-63(118)71(78(128)75(125)66(121)43-114)104-82(130)47(4)32-62(117)70(77(127)74(124)65(120)42-113)103-81(129)46(3)31-61(116)69(76(126)73(123)64(119)41-112)102-68(122)22-20-51(84(132)133)33-60(115)50-18-15-48(16-19-50)17-21-53-39-99-80-72(100-53)83(131)106-91(98)105-80/h10-16,18-19,24,35-36,39,46-47,49,51-52,64-66,69-71,73-78,86-88,101,112-114,119-121,123-128,136,140-141H,8-9,17,20-23,25-34,37-38,40-45H2,1-7H3,(H,102,122)(H,103,129)(H,104,130)(H,107,137)(H,108,139)(H,132,133)(H,134,135)(H3,98,99,105,106,131)/t46-,47-,49-,51-,52+,64-,65-,66-,69-,70-,71-,73-,74-,75-,76-,77-,78-,86+,87-,88-,93+,94-,95-,96+,97+/m1/s1. The molecule has 3 fully saturated rings. The maximum absolute atomic E-state index is 15.7. The van der Waals surface area contributed by atoms with Crippen LogP contribution in [0, 0.1) is 35.0 Å². The minimum atomic E-state index is -2.77. The first-order chi connectivity index (χ1) is 69.2. The van der Waals surface area contributed by atoms with Crippen LogP contribution in [0.1, 0.15) is 142 Å². The van der Waals surface area contributed by atoms with Crippen LogP contribution in [0.3, 0.4) is 0 Å². The number of amides is 5. The number of fused-ring (bicyclic) bond motifs is 7. The smallest absolute Gasteiger partial charge is 0.426 e. The van der Waals surface area contributed by atoms with E-state index in [2.05, 4.69) is 61.5 Å². The van der Waals surface area contributed by atoms with Crippen LogP contribution in [0.2, 0.25) is 0 Å². The molecule has 6 aliphatic rings. The minimum absolute atomic E-state index is 0.0302. The monoisotopic (exact) mass is 2080 g/mol. The third kappa shape index (κ3) is 23.4. The topological polar surface area (TPSA) is 760 Å². The first-order valence-corrected chi connectivity index (χ1v) is 50.6. The zero-order chi connectivity index (χ0) is 107. The number of aliphatic hydroxyl groups is 15. The van der Waals surface area contributed by atoms with Crippen LogP contribution in [0.4, 0.5) is 16.4 Å². The number of likely N-dealkylation sites (N-methyl/N-ethyl adjacent to an activating group) is 1. The van der Waals surface area contributed by atoms with Gasteiger partial charge in [0, 0.05) is 145 Å². The van der Waals surface area contributed by atoms with E-state index in [-0.39, 0.29) is 52.9 Å². The first kappa shape index (κ1) is 114. The molecule has 3 aromatic carbocycles. The van der Waals surface area contributed by atoms with E-state index >= 15 is 9.59 Å². The normalized spacial score (nSPS) is 25.3. The molecule has 26 N–H and O–H groups in total. The molecule has 8 heterocycles. The number of methoxy groups -OCH3 is 2. The van der Waals surface area contributed by atoms with Gasteiger partial charge in [-0.15, -0.1) is 0 Å². The number of H-pyrrole nitrogens is 2. The second-order valence-corrected chi connectivity index (χ2v) is 41.5. The zero-order valence-electron chi connectivity index (χ0n) is 81.4. The molecule has 47 nitrogen and oxygen atoms in total. The molecule has 798 valence electrons. The van der Waals surface area contributed by atoms with E-state index in [0.717, 1.165) is 51.9 Å². The van der Waals surface area contributed by atoms with Crippen molar-refractivity contribution >= 4 is 126 Å². The molecule has 5 aliphatic heterocycles. The van der Waals surface area contributed by atoms with Crippen LogP contribution in [0.25, 0.3) is 22.1 Å². The van der Waals surface area contributed by atoms with E-state index in [9.17, 15) is 140 Å². The van der Waals surface area contributed by atoms with Gasteiger partial charge in [0.2, 0.25) is 23.7 Å². The number of hydrazine groups is 1. The number of nitrogens with one attached hydrogen (secondary N) is 7. The molecule has 1 unspecified atom stereocenters. The largest absolute Gasteiger partial charge is 0.496 e. The Morgan fingerprint density at radius 2 is 1.28 bits per heavy atom. The summed E-state index contributed by atoms with van der Waals surface area (Å²) >= 11 is 0. The average molecular weight is 2080 g/mol. The molecule has 1 aliphatic carbocycles. The van der Waals surface area contributed by atoms with E-state index in [4.69, 9.17) is 19.9 Å². The summed E-state index contributed by atoms with van der Waals surface area (Å²) < 4.78 is 17.8. The number of para-hydroxylation sites is 1. The average Bonchev–Trinajstić information content (AvgIpc) is 1.47. The SMILES string of the molecule is CC[C@]1(O)C[C@H]2CN(CCc3c([nH]c4ccccc34)[C@@](C(=O)OC)(c3cc4c(cc3OC)N(C)[C@H]3[C@@](O)(C(=O)NNC(=O)OCCSSC[C@H](CC(=O)[C@@H](NC(=O)[C@H](C)CC(=O)[C@@H](NC(=O)[C@H](C)CC(=O)[C@@H](NC(=O)CC[C@H](CC(=O)c5ccc(CCc6cnc7nc(N)[nH]c(=O)c7n6)cc5)C(=O)O)[C@@H](O)[C@H](O)[C@H](O)CO)[C@@H](O)[C@H](O)[C@H](O)CO)[C@@H](O)[C@H](O)[C@H](O)CO)C(=O)O)[C@H](O)[C@]5(CC)C=CCN6CC[C@]43[C@@H]65)C2)C1. The summed E-state index contributed by atoms with van der Waals surface area (Å²) in [7, 11) is 6.25. The van der Waals surface area contributed by atoms with Gasteiger partial charge in [0.1, 0.15) is 96.9 Å². The molecule has 2 bridgehead atoms. The van der Waals surface area contributed by atoms with E-state index in [1.165, 1.54) is 32.5 Å². The minimum Gasteiger partial charge on any atom is -0.496 e. The Balaban J connectivity index is 0.665. The number of aliphatic carboxylic acids is 2. The van der Waals surface area contributed by atoms with Crippen molar-refractivity contribution in [3.05, 3.63) is 129 Å². The summed E-state index contributed by atoms with van der Waals surface area (Å²) in [6, 6.07) is 8.60. The van der Waals surface area contributed by atoms with Crippen LogP contribution in [-0.4, -0.2) is 387 Å². The third-order valence-electron chi connectivity index (χ3n) is 29.6. The van der Waals surface area contributed by atoms with Crippen molar-refractivity contribution < 1.29 is 159 Å². The number of hydrogen-bond donors (Lipinski definition) is 25. The fraction of sp³-hybridized carbons (Fsp3) is 0.588. The molecular formula is C97H130N14O33S2. The second-order valence-electron chi connectivity index (χ2n) is 38.9. The van der Waals surface area contributed by atoms with Crippen LogP contribution in [-0.2, 0) is 87.5 Å². The summed E-state index contributed by atoms with van der Waals surface area (Å²) in [4.78, 5) is 205. The number of aliphatic hydroxyl groups excluding tert-OH is 13. The van der Waals surface area contributed by atoms with Gasteiger partial charge in [-0.25, -0.2) is 20.2 Å². The lowest BCUT2D eigenvalue weighted by molar-refractivity contribution is -0.204. The predicted molar refractivity (Wildman–Crippen MR) is 521 cm³/mol. The number of carbonyl (C=O) groups excluding carboxylic acids is 10. The Morgan fingerprint density at radius 3 is 1.86 bits per heavy atom. The number of aromatic amines is 2. The van der Waals surface area contributed by atoms with Crippen molar-refractivity contribution in [2.75, 3.05) is 103 Å². The number of ketones is 4. The van der Waals surface area contributed by atoms with Crippen molar-refractivity contribution in [3.63, 3.8) is 0 Å². The van der Waals surface area contributed by atoms with Crippen molar-refractivity contribution in [3.8, 4) is 5.75 Å². The fourth-order valence-corrected chi connectivity index (χ4v) is 24.1. The van der Waals surface area contributed by atoms with Gasteiger partial charge in [0.25, 0.3) is 11.5 Å². The number of aryl methyl sites for hydroxylation is 2. The van der Waals surface area contributed by atoms with E-state index in [1.54, 1.807) is 30.1 Å². The number of nitrogens with two attached hydrogens (primary N) is 1. The van der Waals surface area contributed by atoms with Crippen molar-refractivity contribution in [1.29, 1.82) is 0 Å². The third-order valence-corrected chi connectivity index (χ3v) is 32.1. The number of rotatable bonds is 49. The quantitative estimate of drug-likeness (QED) is 0.00433. The molecule has 0 radical (unpaired) electrons. The van der Waals surface area contributed by atoms with Gasteiger partial charge in [-0.05, 0) is 99.1 Å². The Bertz CT molecular complexity index is 5890. The van der Waals surface area contributed by atoms with Crippen LogP contribution < -0.4 is 47.7 Å². The van der Waals surface area contributed by atoms with Crippen LogP contribution in [0.5, 0.6) is 5.75 Å². The van der Waals surface area contributed by atoms with Gasteiger partial charge in [0.05, 0.1) is 69.4 Å². The number of benzene rings is 3. The highest BCUT2D eigenvalue weighted by Gasteiger charge is 2.79. The number of carboxylic acids is 2. The van der Waals surface area contributed by atoms with Gasteiger partial charge in [-0.3, -0.25) is 77.7 Å². The van der Waals surface area contributed by atoms with Gasteiger partial charge in [-0.1, -0.05) is 104 Å². The summed E-state index contributed by atoms with van der Waals surface area (Å²) in [6.07, 6.45) is -22.3. The fourth-order valence-electron chi connectivity index (χ4n) is 21.9. The molecule has 1 spiro atoms. The highest BCUT2D eigenvalue weighted by molar-refractivity contribution is 8.76. The number of anilines is 2. The summed E-state index contributed by atoms with van der Waals surface area (Å²) in [5.41, 5.74) is 6.55. The van der Waals surface area contributed by atoms with E-state index in [0.29, 0.717) is 105 Å². The molecule has 5 amide bonds. The number of aromatic nitrogens is 5. The Hall–Kier alpha value is -11.2. The molecule has 49 heteroatoms. The van der Waals surface area contributed by atoms with Crippen molar-refractivity contribution in [2.45, 2.75) is 231 Å². The summed E-state index contributed by atoms with van der Waals surface area (Å²) in [6.45, 7) is 4.07. The molecule has 1 saturated carbocycles. The highest BCUT2D eigenvalue weighted by atomic mass is 33.1. The molecule has 26 atom stereocenters. The molecule has 12 rings (SSSR count). The predicted octanol–water partition coefficient (Wildman–Crippen LogP) is -3.94. The van der Waals surface area contributed by atoms with Crippen molar-refractivity contribution in [2.24, 2.45) is 35.0 Å². The Kier molecular flexibility index (Phi) is 37.3. The number of hydrogen-bond acceptors (Lipinski definition) is 40. The molecule has 2 saturated heterocycles. The van der Waals surface area contributed by atoms with Gasteiger partial charge in [-0.2, -0.15) is 4.98 Å². The lowest BCUT2D eigenvalue weighted by Crippen LogP contribution is -2.82. The maximum Gasteiger partial charge on any atom is 0.426 e. The Morgan fingerprint density at radius 1 is 0.678 bits per heavy atom. The van der Waals surface area contributed by atoms with Crippen LogP contribution >= 0.6 is 21.6 Å². The van der Waals surface area contributed by atoms with Gasteiger partial charge < -0.3 is 133 Å². The molecule has 146 heavy (non-hydrogen) atoms. The number of carboxylic acid groups (broad SMARTS) is 2. The number of ether oxygens (including phenoxy) is 3. The maximum atomic E-state index is 15.7. The highest BCUT2D eigenvalue weighted by Crippen LogP contribution is 2.68. The number of carbonyl (C=O) groups is 12. The lowest BCUT2D eigenvalue weighted by Gasteiger charge is -2.63. The van der Waals surface area contributed by atoms with Gasteiger partial charge in [0.15, 0.2) is 39.9 Å². The Labute approximate surface area is 844 Å². The number of nitrogens with zero attached hydrogens (tertiary/aromatic N) is 6. The number of esters is 1. The molecule has 6 aromatic rings. The number of piperidine rings is 1. The molecular weight excluding hydrogens is 1950 g/mol. The number of Topliss-reactive ketones (excluding diaryl/α,β-unsaturated/α-hetero) is 4. The number of nitrogen functional groups attached to an aromatic ring is 1. The van der Waals surface area contributed by atoms with E-state index in [1.807, 2.05) is 56.3 Å². The zero-order valence-corrected chi connectivity index (χ0v) is 83.1. The van der Waals surface area contributed by atoms with Crippen molar-refractivity contribution in [1.82, 2.24) is 61.5 Å². The first-order valence-electron chi connectivity index (χ1n) is 48.1. The van der Waals surface area contributed by atoms with E-state index < -0.39 is 289 Å². The second kappa shape index (κ2) is 48.0.